The molecule has 1 aromatic carbocycles. The molecule has 2 rings (SSSR count). The van der Waals surface area contributed by atoms with Crippen LogP contribution in [0.4, 0.5) is 8.78 Å². The largest absolute Gasteiger partial charge is 0.385 e. The van der Waals surface area contributed by atoms with Crippen LogP contribution in [0.2, 0.25) is 0 Å². The van der Waals surface area contributed by atoms with Crippen LogP contribution in [-0.2, 0) is 5.60 Å². The molecule has 1 aliphatic rings. The van der Waals surface area contributed by atoms with Crippen LogP contribution in [0.1, 0.15) is 44.6 Å². The number of hydrogen-bond acceptors (Lipinski definition) is 1. The van der Waals surface area contributed by atoms with Crippen molar-refractivity contribution in [3.05, 3.63) is 35.4 Å². The van der Waals surface area contributed by atoms with E-state index in [1.807, 2.05) is 6.92 Å². The Morgan fingerprint density at radius 1 is 1.35 bits per heavy atom. The normalized spacial score (nSPS) is 29.3. The topological polar surface area (TPSA) is 20.2 Å². The number of aliphatic hydroxyl groups is 1. The van der Waals surface area contributed by atoms with Crippen molar-refractivity contribution in [1.29, 1.82) is 0 Å². The molecule has 1 aliphatic carbocycles. The minimum absolute atomic E-state index is 0.0209. The molecule has 1 aromatic rings. The highest BCUT2D eigenvalue weighted by Crippen LogP contribution is 2.44. The quantitative estimate of drug-likeness (QED) is 0.834. The van der Waals surface area contributed by atoms with Gasteiger partial charge in [-0.15, -0.1) is 0 Å². The molecule has 3 heteroatoms. The second kappa shape index (κ2) is 4.73. The first kappa shape index (κ1) is 12.5. The van der Waals surface area contributed by atoms with Crippen molar-refractivity contribution in [3.8, 4) is 0 Å². The molecule has 1 N–H and O–H groups in total. The zero-order valence-corrected chi connectivity index (χ0v) is 10.0. The molecule has 2 atom stereocenters. The highest BCUT2D eigenvalue weighted by Gasteiger charge is 2.41. The molecule has 1 nitrogen and oxygen atoms in total. The molecule has 2 unspecified atom stereocenters. The van der Waals surface area contributed by atoms with Crippen LogP contribution in [0.3, 0.4) is 0 Å². The highest BCUT2D eigenvalue weighted by atomic mass is 19.1. The molecule has 1 saturated carbocycles. The van der Waals surface area contributed by atoms with Gasteiger partial charge in [-0.05, 0) is 37.0 Å². The van der Waals surface area contributed by atoms with Crippen molar-refractivity contribution in [2.24, 2.45) is 5.92 Å². The van der Waals surface area contributed by atoms with Gasteiger partial charge in [0, 0.05) is 5.56 Å². The summed E-state index contributed by atoms with van der Waals surface area (Å²) >= 11 is 0. The molecule has 0 spiro atoms. The van der Waals surface area contributed by atoms with Crippen molar-refractivity contribution < 1.29 is 13.9 Å². The zero-order valence-electron chi connectivity index (χ0n) is 10.0. The smallest absolute Gasteiger partial charge is 0.129 e. The molecule has 0 aromatic heterocycles. The highest BCUT2D eigenvalue weighted by molar-refractivity contribution is 5.26. The van der Waals surface area contributed by atoms with E-state index >= 15 is 0 Å². The Morgan fingerprint density at radius 2 is 2.12 bits per heavy atom. The summed E-state index contributed by atoms with van der Waals surface area (Å²) in [4.78, 5) is 0. The molecule has 0 bridgehead atoms. The Bertz CT molecular complexity index is 405. The molecule has 0 radical (unpaired) electrons. The van der Waals surface area contributed by atoms with Crippen LogP contribution in [0.5, 0.6) is 0 Å². The van der Waals surface area contributed by atoms with Gasteiger partial charge < -0.3 is 5.11 Å². The molecule has 0 saturated heterocycles. The lowest BCUT2D eigenvalue weighted by atomic mass is 9.70. The van der Waals surface area contributed by atoms with E-state index < -0.39 is 17.2 Å². The summed E-state index contributed by atoms with van der Waals surface area (Å²) in [5, 5.41) is 10.7. The van der Waals surface area contributed by atoms with Crippen LogP contribution in [0, 0.1) is 17.6 Å². The number of hydrogen-bond donors (Lipinski definition) is 1. The number of benzene rings is 1. The minimum Gasteiger partial charge on any atom is -0.385 e. The maximum absolute atomic E-state index is 13.8. The summed E-state index contributed by atoms with van der Waals surface area (Å²) in [5.74, 6) is -0.975. The maximum Gasteiger partial charge on any atom is 0.129 e. The lowest BCUT2D eigenvalue weighted by Crippen LogP contribution is -2.38. The average molecular weight is 240 g/mol. The monoisotopic (exact) mass is 240 g/mol. The Balaban J connectivity index is 2.44. The van der Waals surface area contributed by atoms with E-state index in [-0.39, 0.29) is 11.5 Å². The van der Waals surface area contributed by atoms with E-state index in [1.165, 1.54) is 0 Å². The second-order valence-corrected chi connectivity index (χ2v) is 4.90. The van der Waals surface area contributed by atoms with Crippen molar-refractivity contribution in [1.82, 2.24) is 0 Å². The van der Waals surface area contributed by atoms with E-state index in [0.717, 1.165) is 43.9 Å². The zero-order chi connectivity index (χ0) is 12.5. The van der Waals surface area contributed by atoms with E-state index in [9.17, 15) is 13.9 Å². The molecule has 0 amide bonds. The molecule has 17 heavy (non-hydrogen) atoms. The Morgan fingerprint density at radius 3 is 2.82 bits per heavy atom. The minimum atomic E-state index is -1.20. The van der Waals surface area contributed by atoms with Gasteiger partial charge in [-0.25, -0.2) is 8.78 Å². The molecular formula is C14H18F2O. The molecule has 0 aliphatic heterocycles. The Kier molecular flexibility index (Phi) is 3.48. The third kappa shape index (κ3) is 2.21. The summed E-state index contributed by atoms with van der Waals surface area (Å²) in [5.41, 5.74) is -1.07. The van der Waals surface area contributed by atoms with E-state index in [1.54, 1.807) is 0 Å². The lowest BCUT2D eigenvalue weighted by molar-refractivity contribution is -0.0585. The Hall–Kier alpha value is -0.960. The van der Waals surface area contributed by atoms with Gasteiger partial charge in [-0.2, -0.15) is 0 Å². The fourth-order valence-electron chi connectivity index (χ4n) is 2.95. The van der Waals surface area contributed by atoms with Gasteiger partial charge in [0.15, 0.2) is 0 Å². The molecule has 94 valence electrons. The van der Waals surface area contributed by atoms with Crippen molar-refractivity contribution in [2.45, 2.75) is 44.6 Å². The molecule has 0 heterocycles. The summed E-state index contributed by atoms with van der Waals surface area (Å²) in [6.45, 7) is 1.98. The van der Waals surface area contributed by atoms with Gasteiger partial charge in [0.2, 0.25) is 0 Å². The van der Waals surface area contributed by atoms with Crippen molar-refractivity contribution >= 4 is 0 Å². The van der Waals surface area contributed by atoms with E-state index in [4.69, 9.17) is 0 Å². The first-order valence-corrected chi connectivity index (χ1v) is 6.26. The summed E-state index contributed by atoms with van der Waals surface area (Å²) in [6.07, 6.45) is 4.10. The van der Waals surface area contributed by atoms with E-state index in [2.05, 4.69) is 0 Å². The second-order valence-electron chi connectivity index (χ2n) is 4.90. The van der Waals surface area contributed by atoms with Crippen LogP contribution in [0.25, 0.3) is 0 Å². The number of rotatable bonds is 2. The maximum atomic E-state index is 13.8. The van der Waals surface area contributed by atoms with Crippen LogP contribution >= 0.6 is 0 Å². The third-order valence-corrected chi connectivity index (χ3v) is 3.92. The van der Waals surface area contributed by atoms with Gasteiger partial charge in [0.25, 0.3) is 0 Å². The van der Waals surface area contributed by atoms with Crippen LogP contribution in [0.15, 0.2) is 18.2 Å². The fourth-order valence-corrected chi connectivity index (χ4v) is 2.95. The first-order chi connectivity index (χ1) is 8.08. The SMILES string of the molecule is CCC1CCCCC1(O)c1cc(F)ccc1F. The predicted molar refractivity (Wildman–Crippen MR) is 62.5 cm³/mol. The standard InChI is InChI=1S/C14H18F2O/c1-2-10-5-3-4-8-14(10,17)12-9-11(15)6-7-13(12)16/h6-7,9-10,17H,2-5,8H2,1H3. The van der Waals surface area contributed by atoms with E-state index in [0.29, 0.717) is 6.42 Å². The fraction of sp³-hybridized carbons (Fsp3) is 0.571. The third-order valence-electron chi connectivity index (χ3n) is 3.92. The summed E-state index contributed by atoms with van der Waals surface area (Å²) in [7, 11) is 0. The van der Waals surface area contributed by atoms with Crippen molar-refractivity contribution in [3.63, 3.8) is 0 Å². The summed E-state index contributed by atoms with van der Waals surface area (Å²) < 4.78 is 27.0. The number of halogens is 2. The predicted octanol–water partition coefficient (Wildman–Crippen LogP) is 3.75. The van der Waals surface area contributed by atoms with Crippen LogP contribution < -0.4 is 0 Å². The van der Waals surface area contributed by atoms with Crippen molar-refractivity contribution in [2.75, 3.05) is 0 Å². The lowest BCUT2D eigenvalue weighted by Gasteiger charge is -2.40. The molecule has 1 fully saturated rings. The van der Waals surface area contributed by atoms with Gasteiger partial charge >= 0.3 is 0 Å². The average Bonchev–Trinajstić information content (AvgIpc) is 2.33. The van der Waals surface area contributed by atoms with Crippen LogP contribution in [-0.4, -0.2) is 5.11 Å². The van der Waals surface area contributed by atoms with Gasteiger partial charge in [-0.3, -0.25) is 0 Å². The van der Waals surface area contributed by atoms with Gasteiger partial charge in [0.1, 0.15) is 11.6 Å². The summed E-state index contributed by atoms with van der Waals surface area (Å²) in [6, 6.07) is 3.33. The first-order valence-electron chi connectivity index (χ1n) is 6.26. The van der Waals surface area contributed by atoms with Gasteiger partial charge in [0.05, 0.1) is 5.60 Å². The van der Waals surface area contributed by atoms with Gasteiger partial charge in [-0.1, -0.05) is 26.2 Å². The Labute approximate surface area is 100 Å². The molecular weight excluding hydrogens is 222 g/mol.